The van der Waals surface area contributed by atoms with Crippen LogP contribution < -0.4 is 10.6 Å². The molecule has 0 amide bonds. The molecular formula is C14H25N3O2S2. The number of hydrogen-bond donors (Lipinski definition) is 2. The van der Waals surface area contributed by atoms with Crippen LogP contribution in [0.15, 0.2) is 17.1 Å². The third kappa shape index (κ3) is 5.67. The number of nitrogens with zero attached hydrogens (tertiary/aromatic N) is 1. The Hall–Kier alpha value is -1.08. The molecule has 0 aliphatic heterocycles. The van der Waals surface area contributed by atoms with Gasteiger partial charge in [-0.15, -0.1) is 11.3 Å². The van der Waals surface area contributed by atoms with Crippen molar-refractivity contribution in [1.82, 2.24) is 10.6 Å². The summed E-state index contributed by atoms with van der Waals surface area (Å²) in [6, 6.07) is 4.15. The number of sulfone groups is 1. The zero-order valence-electron chi connectivity index (χ0n) is 13.4. The van der Waals surface area contributed by atoms with Gasteiger partial charge in [-0.25, -0.2) is 8.42 Å². The van der Waals surface area contributed by atoms with Gasteiger partial charge in [0.25, 0.3) is 0 Å². The van der Waals surface area contributed by atoms with E-state index in [0.717, 1.165) is 0 Å². The molecule has 21 heavy (non-hydrogen) atoms. The fraction of sp³-hybridized carbons (Fsp3) is 0.643. The predicted molar refractivity (Wildman–Crippen MR) is 90.8 cm³/mol. The van der Waals surface area contributed by atoms with E-state index in [0.29, 0.717) is 19.0 Å². The maximum absolute atomic E-state index is 12.0. The third-order valence-electron chi connectivity index (χ3n) is 3.05. The van der Waals surface area contributed by atoms with E-state index < -0.39 is 14.6 Å². The first-order valence-corrected chi connectivity index (χ1v) is 9.35. The normalized spacial score (nSPS) is 13.3. The lowest BCUT2D eigenvalue weighted by Crippen LogP contribution is -2.41. The maximum atomic E-state index is 12.0. The highest BCUT2D eigenvalue weighted by Crippen LogP contribution is 2.15. The Morgan fingerprint density at radius 3 is 2.43 bits per heavy atom. The van der Waals surface area contributed by atoms with Crippen LogP contribution in [0.4, 0.5) is 0 Å². The van der Waals surface area contributed by atoms with Crippen molar-refractivity contribution in [3.8, 4) is 0 Å². The Labute approximate surface area is 131 Å². The van der Waals surface area contributed by atoms with Crippen molar-refractivity contribution in [2.75, 3.05) is 19.3 Å². The summed E-state index contributed by atoms with van der Waals surface area (Å²) in [6.45, 7) is 8.25. The molecule has 2 N–H and O–H groups in total. The van der Waals surface area contributed by atoms with Crippen molar-refractivity contribution in [2.45, 2.75) is 39.0 Å². The molecule has 120 valence electrons. The summed E-state index contributed by atoms with van der Waals surface area (Å²) in [4.78, 5) is 6.59. The largest absolute Gasteiger partial charge is 0.355 e. The van der Waals surface area contributed by atoms with Gasteiger partial charge in [-0.1, -0.05) is 0 Å². The predicted octanol–water partition coefficient (Wildman–Crippen LogP) is 1.93. The second-order valence-electron chi connectivity index (χ2n) is 5.80. The lowest BCUT2D eigenvalue weighted by Gasteiger charge is -2.19. The van der Waals surface area contributed by atoms with Crippen LogP contribution in [0.2, 0.25) is 0 Å². The van der Waals surface area contributed by atoms with E-state index in [1.54, 1.807) is 39.2 Å². The van der Waals surface area contributed by atoms with Gasteiger partial charge in [0, 0.05) is 23.3 Å². The first-order valence-electron chi connectivity index (χ1n) is 6.88. The van der Waals surface area contributed by atoms with Gasteiger partial charge in [0.15, 0.2) is 15.8 Å². The quantitative estimate of drug-likeness (QED) is 0.639. The van der Waals surface area contributed by atoms with Gasteiger partial charge in [0.2, 0.25) is 0 Å². The Bertz CT molecular complexity index is 584. The second-order valence-corrected chi connectivity index (χ2v) is 10.0. The summed E-state index contributed by atoms with van der Waals surface area (Å²) in [5, 5.41) is 6.22. The number of hydrogen-bond acceptors (Lipinski definition) is 4. The topological polar surface area (TPSA) is 70.6 Å². The molecule has 1 rings (SSSR count). The molecule has 5 nitrogen and oxygen atoms in total. The first kappa shape index (κ1) is 18.0. The van der Waals surface area contributed by atoms with Crippen LogP contribution in [0.5, 0.6) is 0 Å². The van der Waals surface area contributed by atoms with E-state index in [-0.39, 0.29) is 5.75 Å². The van der Waals surface area contributed by atoms with Gasteiger partial charge in [0.1, 0.15) is 0 Å². The van der Waals surface area contributed by atoms with Crippen LogP contribution in [-0.4, -0.2) is 38.5 Å². The molecule has 0 spiro atoms. The standard InChI is InChI=1S/C14H25N3O2S2/c1-11-6-7-12(20-11)10-17-13(15-5)16-8-9-21(18,19)14(2,3)4/h6-7H,8-10H2,1-5H3,(H2,15,16,17). The van der Waals surface area contributed by atoms with Gasteiger partial charge in [-0.3, -0.25) is 4.99 Å². The van der Waals surface area contributed by atoms with Gasteiger partial charge in [-0.2, -0.15) is 0 Å². The highest BCUT2D eigenvalue weighted by atomic mass is 32.2. The summed E-state index contributed by atoms with van der Waals surface area (Å²) in [5.41, 5.74) is 0. The highest BCUT2D eigenvalue weighted by molar-refractivity contribution is 7.92. The smallest absolute Gasteiger partial charge is 0.191 e. The van der Waals surface area contributed by atoms with Crippen LogP contribution in [0, 0.1) is 6.92 Å². The van der Waals surface area contributed by atoms with E-state index in [2.05, 4.69) is 34.7 Å². The van der Waals surface area contributed by atoms with E-state index in [4.69, 9.17) is 0 Å². The number of guanidine groups is 1. The van der Waals surface area contributed by atoms with Crippen LogP contribution >= 0.6 is 11.3 Å². The number of thiophene rings is 1. The van der Waals surface area contributed by atoms with Crippen molar-refractivity contribution in [1.29, 1.82) is 0 Å². The van der Waals surface area contributed by atoms with Gasteiger partial charge in [-0.05, 0) is 39.8 Å². The van der Waals surface area contributed by atoms with Crippen LogP contribution in [0.25, 0.3) is 0 Å². The van der Waals surface area contributed by atoms with Gasteiger partial charge in [0.05, 0.1) is 17.0 Å². The molecule has 0 radical (unpaired) electrons. The average molecular weight is 332 g/mol. The zero-order valence-corrected chi connectivity index (χ0v) is 15.0. The van der Waals surface area contributed by atoms with Crippen molar-refractivity contribution < 1.29 is 8.42 Å². The van der Waals surface area contributed by atoms with E-state index >= 15 is 0 Å². The Balaban J connectivity index is 2.42. The summed E-state index contributed by atoms with van der Waals surface area (Å²) in [6.07, 6.45) is 0. The molecule has 0 aliphatic carbocycles. The second kappa shape index (κ2) is 7.26. The molecule has 0 unspecified atom stereocenters. The zero-order chi connectivity index (χ0) is 16.1. The van der Waals surface area contributed by atoms with Gasteiger partial charge >= 0.3 is 0 Å². The fourth-order valence-corrected chi connectivity index (χ4v) is 3.39. The number of aliphatic imine (C=N–C) groups is 1. The lowest BCUT2D eigenvalue weighted by molar-refractivity contribution is 0.559. The first-order chi connectivity index (χ1) is 9.65. The van der Waals surface area contributed by atoms with Crippen LogP contribution in [-0.2, 0) is 16.4 Å². The van der Waals surface area contributed by atoms with Crippen molar-refractivity contribution in [3.05, 3.63) is 21.9 Å². The molecule has 0 aliphatic rings. The summed E-state index contributed by atoms with van der Waals surface area (Å²) in [5.74, 6) is 0.708. The molecule has 0 atom stereocenters. The monoisotopic (exact) mass is 331 g/mol. The van der Waals surface area contributed by atoms with Gasteiger partial charge < -0.3 is 10.6 Å². The Morgan fingerprint density at radius 2 is 1.95 bits per heavy atom. The minimum Gasteiger partial charge on any atom is -0.355 e. The number of rotatable bonds is 5. The third-order valence-corrected chi connectivity index (χ3v) is 6.65. The minimum absolute atomic E-state index is 0.0926. The Kier molecular flexibility index (Phi) is 6.22. The summed E-state index contributed by atoms with van der Waals surface area (Å²) in [7, 11) is -1.43. The fourth-order valence-electron chi connectivity index (χ4n) is 1.58. The lowest BCUT2D eigenvalue weighted by atomic mass is 10.3. The highest BCUT2D eigenvalue weighted by Gasteiger charge is 2.28. The summed E-state index contributed by atoms with van der Waals surface area (Å²) < 4.78 is 23.3. The molecule has 0 bridgehead atoms. The van der Waals surface area contributed by atoms with Crippen LogP contribution in [0.1, 0.15) is 30.5 Å². The Morgan fingerprint density at radius 1 is 1.29 bits per heavy atom. The van der Waals surface area contributed by atoms with Crippen molar-refractivity contribution in [3.63, 3.8) is 0 Å². The average Bonchev–Trinajstić information content (AvgIpc) is 2.78. The summed E-state index contributed by atoms with van der Waals surface area (Å²) >= 11 is 1.73. The van der Waals surface area contributed by atoms with Crippen LogP contribution in [0.3, 0.4) is 0 Å². The number of aryl methyl sites for hydroxylation is 1. The van der Waals surface area contributed by atoms with E-state index in [1.165, 1.54) is 9.75 Å². The van der Waals surface area contributed by atoms with E-state index in [1.807, 2.05) is 0 Å². The molecule has 1 aromatic heterocycles. The molecule has 1 aromatic rings. The molecule has 0 fully saturated rings. The molecule has 1 heterocycles. The van der Waals surface area contributed by atoms with E-state index in [9.17, 15) is 8.42 Å². The molecular weight excluding hydrogens is 306 g/mol. The van der Waals surface area contributed by atoms with Crippen molar-refractivity contribution in [2.24, 2.45) is 4.99 Å². The SMILES string of the molecule is CN=C(NCCS(=O)(=O)C(C)(C)C)NCc1ccc(C)s1. The number of nitrogens with one attached hydrogen (secondary N) is 2. The minimum atomic E-state index is -3.11. The molecule has 7 heteroatoms. The van der Waals surface area contributed by atoms with Crippen molar-refractivity contribution >= 4 is 27.1 Å². The molecule has 0 aromatic carbocycles. The molecule has 0 saturated heterocycles. The maximum Gasteiger partial charge on any atom is 0.191 e. The molecule has 0 saturated carbocycles.